The van der Waals surface area contributed by atoms with E-state index in [1.165, 1.54) is 0 Å². The molecule has 0 spiro atoms. The average Bonchev–Trinajstić information content (AvgIpc) is 2.74. The molecule has 1 N–H and O–H groups in total. The van der Waals surface area contributed by atoms with Crippen molar-refractivity contribution in [2.24, 2.45) is 5.92 Å². The number of rotatable bonds is 3. The second-order valence-electron chi connectivity index (χ2n) is 4.88. The number of nitro groups is 1. The van der Waals surface area contributed by atoms with Gasteiger partial charge in [0.2, 0.25) is 0 Å². The maximum atomic E-state index is 12.0. The molecule has 2 rings (SSSR count). The highest BCUT2D eigenvalue weighted by Gasteiger charge is 2.25. The van der Waals surface area contributed by atoms with Crippen LogP contribution < -0.4 is 5.32 Å². The first-order chi connectivity index (χ1) is 8.97. The summed E-state index contributed by atoms with van der Waals surface area (Å²) in [5.41, 5.74) is -0.190. The van der Waals surface area contributed by atoms with Gasteiger partial charge in [0.05, 0.1) is 10.5 Å². The smallest absolute Gasteiger partial charge is 0.288 e. The van der Waals surface area contributed by atoms with E-state index in [0.717, 1.165) is 31.5 Å². The van der Waals surface area contributed by atoms with E-state index in [1.807, 2.05) is 0 Å². The molecule has 2 atom stereocenters. The van der Waals surface area contributed by atoms with E-state index in [2.05, 4.69) is 17.2 Å². The summed E-state index contributed by atoms with van der Waals surface area (Å²) in [5.74, 6) is 0.185. The van der Waals surface area contributed by atoms with Crippen LogP contribution in [0.25, 0.3) is 0 Å². The summed E-state index contributed by atoms with van der Waals surface area (Å²) in [5, 5.41) is 13.5. The zero-order chi connectivity index (χ0) is 14.0. The third kappa shape index (κ3) is 3.20. The molecular formula is C12H14ClN3O3. The van der Waals surface area contributed by atoms with E-state index < -0.39 is 10.8 Å². The number of amides is 1. The monoisotopic (exact) mass is 283 g/mol. The largest absolute Gasteiger partial charge is 0.349 e. The summed E-state index contributed by atoms with van der Waals surface area (Å²) in [6.07, 6.45) is 3.96. The second kappa shape index (κ2) is 5.52. The minimum Gasteiger partial charge on any atom is -0.349 e. The van der Waals surface area contributed by atoms with Crippen LogP contribution in [0.3, 0.4) is 0 Å². The van der Waals surface area contributed by atoms with Crippen molar-refractivity contribution in [2.75, 3.05) is 0 Å². The Morgan fingerprint density at radius 3 is 2.89 bits per heavy atom. The van der Waals surface area contributed by atoms with E-state index in [-0.39, 0.29) is 22.4 Å². The molecule has 1 saturated carbocycles. The third-order valence-electron chi connectivity index (χ3n) is 3.31. The zero-order valence-corrected chi connectivity index (χ0v) is 11.2. The lowest BCUT2D eigenvalue weighted by Crippen LogP contribution is -2.33. The van der Waals surface area contributed by atoms with Crippen molar-refractivity contribution in [3.63, 3.8) is 0 Å². The molecule has 19 heavy (non-hydrogen) atoms. The predicted octanol–water partition coefficient (Wildman–Crippen LogP) is 2.56. The molecule has 1 amide bonds. The Bertz CT molecular complexity index is 521. The molecule has 0 radical (unpaired) electrons. The van der Waals surface area contributed by atoms with Gasteiger partial charge in [-0.15, -0.1) is 0 Å². The highest BCUT2D eigenvalue weighted by molar-refractivity contribution is 6.32. The summed E-state index contributed by atoms with van der Waals surface area (Å²) in [7, 11) is 0. The summed E-state index contributed by atoms with van der Waals surface area (Å²) < 4.78 is 0. The van der Waals surface area contributed by atoms with Crippen molar-refractivity contribution in [1.82, 2.24) is 10.3 Å². The fraction of sp³-hybridized carbons (Fsp3) is 0.500. The standard InChI is InChI=1S/C12H14ClN3O3/c1-7-2-3-8(4-7)15-12(17)10-5-9(16(18)19)6-14-11(10)13/h5-8H,2-4H2,1H3,(H,15,17). The molecule has 1 aliphatic carbocycles. The molecule has 0 saturated heterocycles. The van der Waals surface area contributed by atoms with Gasteiger partial charge in [-0.1, -0.05) is 18.5 Å². The van der Waals surface area contributed by atoms with E-state index in [0.29, 0.717) is 5.92 Å². The molecule has 1 aromatic rings. The first-order valence-electron chi connectivity index (χ1n) is 6.08. The number of hydrogen-bond acceptors (Lipinski definition) is 4. The first-order valence-corrected chi connectivity index (χ1v) is 6.46. The lowest BCUT2D eigenvalue weighted by atomic mass is 10.1. The van der Waals surface area contributed by atoms with Crippen LogP contribution in [-0.2, 0) is 0 Å². The van der Waals surface area contributed by atoms with Gasteiger partial charge in [-0.3, -0.25) is 14.9 Å². The van der Waals surface area contributed by atoms with Gasteiger partial charge in [-0.25, -0.2) is 4.98 Å². The summed E-state index contributed by atoms with van der Waals surface area (Å²) in [6, 6.07) is 1.26. The Morgan fingerprint density at radius 1 is 1.58 bits per heavy atom. The number of hydrogen-bond donors (Lipinski definition) is 1. The summed E-state index contributed by atoms with van der Waals surface area (Å²) in [4.78, 5) is 25.8. The first kappa shape index (κ1) is 13.7. The van der Waals surface area contributed by atoms with Crippen LogP contribution in [0.5, 0.6) is 0 Å². The zero-order valence-electron chi connectivity index (χ0n) is 10.4. The number of aromatic nitrogens is 1. The number of pyridine rings is 1. The predicted molar refractivity (Wildman–Crippen MR) is 70.2 cm³/mol. The number of carbonyl (C=O) groups excluding carboxylic acids is 1. The lowest BCUT2D eigenvalue weighted by Gasteiger charge is -2.12. The molecule has 0 aromatic carbocycles. The minimum atomic E-state index is -0.599. The van der Waals surface area contributed by atoms with Crippen LogP contribution >= 0.6 is 11.6 Å². The van der Waals surface area contributed by atoms with Crippen LogP contribution in [0.2, 0.25) is 5.15 Å². The topological polar surface area (TPSA) is 85.1 Å². The Morgan fingerprint density at radius 2 is 2.32 bits per heavy atom. The van der Waals surface area contributed by atoms with E-state index in [9.17, 15) is 14.9 Å². The van der Waals surface area contributed by atoms with Crippen LogP contribution in [0, 0.1) is 16.0 Å². The molecule has 6 nitrogen and oxygen atoms in total. The maximum absolute atomic E-state index is 12.0. The van der Waals surface area contributed by atoms with Gasteiger partial charge in [0.15, 0.2) is 0 Å². The van der Waals surface area contributed by atoms with Crippen LogP contribution in [0.15, 0.2) is 12.3 Å². The van der Waals surface area contributed by atoms with Gasteiger partial charge in [0.25, 0.3) is 11.6 Å². The Hall–Kier alpha value is -1.69. The van der Waals surface area contributed by atoms with Crippen molar-refractivity contribution >= 4 is 23.2 Å². The van der Waals surface area contributed by atoms with Crippen molar-refractivity contribution in [3.8, 4) is 0 Å². The van der Waals surface area contributed by atoms with Crippen LogP contribution in [0.1, 0.15) is 36.5 Å². The fourth-order valence-electron chi connectivity index (χ4n) is 2.30. The van der Waals surface area contributed by atoms with Gasteiger partial charge in [0, 0.05) is 12.1 Å². The highest BCUT2D eigenvalue weighted by atomic mass is 35.5. The number of nitrogens with zero attached hydrogens (tertiary/aromatic N) is 2. The molecule has 1 fully saturated rings. The van der Waals surface area contributed by atoms with Crippen LogP contribution in [-0.4, -0.2) is 21.9 Å². The van der Waals surface area contributed by atoms with E-state index >= 15 is 0 Å². The Kier molecular flexibility index (Phi) is 3.99. The van der Waals surface area contributed by atoms with Crippen LogP contribution in [0.4, 0.5) is 5.69 Å². The summed E-state index contributed by atoms with van der Waals surface area (Å²) in [6.45, 7) is 2.13. The Balaban J connectivity index is 2.14. The number of nitrogens with one attached hydrogen (secondary N) is 1. The normalized spacial score (nSPS) is 22.2. The molecule has 1 aliphatic rings. The lowest BCUT2D eigenvalue weighted by molar-refractivity contribution is -0.385. The molecule has 0 aliphatic heterocycles. The quantitative estimate of drug-likeness (QED) is 0.525. The SMILES string of the molecule is CC1CCC(NC(=O)c2cc([N+](=O)[O-])cnc2Cl)C1. The maximum Gasteiger partial charge on any atom is 0.288 e. The molecule has 1 heterocycles. The molecule has 2 unspecified atom stereocenters. The Labute approximate surface area is 115 Å². The van der Waals surface area contributed by atoms with Crippen molar-refractivity contribution in [2.45, 2.75) is 32.2 Å². The molecule has 1 aromatic heterocycles. The average molecular weight is 284 g/mol. The van der Waals surface area contributed by atoms with Gasteiger partial charge in [0.1, 0.15) is 11.3 Å². The molecule has 7 heteroatoms. The van der Waals surface area contributed by atoms with Gasteiger partial charge in [-0.2, -0.15) is 0 Å². The molecule has 0 bridgehead atoms. The minimum absolute atomic E-state index is 0.0193. The molecule has 102 valence electrons. The molecular weight excluding hydrogens is 270 g/mol. The van der Waals surface area contributed by atoms with Crippen molar-refractivity contribution < 1.29 is 9.72 Å². The van der Waals surface area contributed by atoms with Crippen molar-refractivity contribution in [3.05, 3.63) is 33.1 Å². The second-order valence-corrected chi connectivity index (χ2v) is 5.24. The van der Waals surface area contributed by atoms with Gasteiger partial charge < -0.3 is 5.32 Å². The number of halogens is 1. The van der Waals surface area contributed by atoms with Crippen molar-refractivity contribution in [1.29, 1.82) is 0 Å². The van der Waals surface area contributed by atoms with E-state index in [4.69, 9.17) is 11.6 Å². The fourth-order valence-corrected chi connectivity index (χ4v) is 2.49. The third-order valence-corrected chi connectivity index (χ3v) is 3.61. The summed E-state index contributed by atoms with van der Waals surface area (Å²) >= 11 is 5.82. The van der Waals surface area contributed by atoms with Gasteiger partial charge in [-0.05, 0) is 25.2 Å². The van der Waals surface area contributed by atoms with E-state index in [1.54, 1.807) is 0 Å². The highest BCUT2D eigenvalue weighted by Crippen LogP contribution is 2.25. The van der Waals surface area contributed by atoms with Gasteiger partial charge >= 0.3 is 0 Å². The number of carbonyl (C=O) groups is 1.